The number of hydrogen-bond donors (Lipinski definition) is 2. The van der Waals surface area contributed by atoms with Crippen molar-refractivity contribution in [2.45, 2.75) is 19.8 Å². The van der Waals surface area contributed by atoms with E-state index in [-0.39, 0.29) is 17.3 Å². The third-order valence-electron chi connectivity index (χ3n) is 2.99. The number of carbonyl (C=O) groups excluding carboxylic acids is 1. The lowest BCUT2D eigenvalue weighted by atomic mass is 10.0. The Bertz CT molecular complexity index is 641. The van der Waals surface area contributed by atoms with Gasteiger partial charge in [0, 0.05) is 11.9 Å². The van der Waals surface area contributed by atoms with Gasteiger partial charge in [0.15, 0.2) is 11.6 Å². The van der Waals surface area contributed by atoms with E-state index in [4.69, 9.17) is 5.73 Å². The van der Waals surface area contributed by atoms with Crippen LogP contribution in [0.15, 0.2) is 36.5 Å². The molecule has 1 aromatic heterocycles. The Morgan fingerprint density at radius 1 is 1.30 bits per heavy atom. The van der Waals surface area contributed by atoms with Crippen LogP contribution in [0.5, 0.6) is 0 Å². The summed E-state index contributed by atoms with van der Waals surface area (Å²) in [7, 11) is 0. The molecule has 0 saturated heterocycles. The highest BCUT2D eigenvalue weighted by atomic mass is 19.1. The number of nitrogens with two attached hydrogens (primary N) is 1. The molecule has 104 valence electrons. The van der Waals surface area contributed by atoms with Crippen molar-refractivity contribution in [1.82, 2.24) is 4.98 Å². The van der Waals surface area contributed by atoms with Gasteiger partial charge in [0.25, 0.3) is 5.91 Å². The van der Waals surface area contributed by atoms with Gasteiger partial charge in [-0.1, -0.05) is 32.0 Å². The third kappa shape index (κ3) is 2.77. The quantitative estimate of drug-likeness (QED) is 0.902. The van der Waals surface area contributed by atoms with Crippen LogP contribution in [0.2, 0.25) is 0 Å². The number of carbonyl (C=O) groups is 1. The molecule has 1 aromatic carbocycles. The first kappa shape index (κ1) is 14.0. The van der Waals surface area contributed by atoms with Crippen molar-refractivity contribution >= 4 is 17.4 Å². The van der Waals surface area contributed by atoms with E-state index in [0.717, 1.165) is 5.56 Å². The number of anilines is 2. The van der Waals surface area contributed by atoms with E-state index >= 15 is 0 Å². The lowest BCUT2D eigenvalue weighted by Gasteiger charge is -2.14. The fourth-order valence-corrected chi connectivity index (χ4v) is 1.94. The number of benzene rings is 1. The standard InChI is InChI=1S/C15H16FN3O/c1-9(2)10-5-3-4-6-12(10)19-15(20)11-7-8-18-14(17)13(11)16/h3-9H,1-2H3,(H2,17,18)(H,19,20). The number of aromatic nitrogens is 1. The van der Waals surface area contributed by atoms with E-state index in [1.54, 1.807) is 6.07 Å². The van der Waals surface area contributed by atoms with Gasteiger partial charge in [0.05, 0.1) is 5.56 Å². The molecule has 0 unspecified atom stereocenters. The zero-order valence-corrected chi connectivity index (χ0v) is 11.4. The van der Waals surface area contributed by atoms with Crippen molar-refractivity contribution < 1.29 is 9.18 Å². The largest absolute Gasteiger partial charge is 0.381 e. The Morgan fingerprint density at radius 3 is 2.70 bits per heavy atom. The van der Waals surface area contributed by atoms with Gasteiger partial charge < -0.3 is 11.1 Å². The molecule has 0 bridgehead atoms. The summed E-state index contributed by atoms with van der Waals surface area (Å²) in [6, 6.07) is 8.74. The molecule has 5 heteroatoms. The Hall–Kier alpha value is -2.43. The van der Waals surface area contributed by atoms with Crippen LogP contribution in [0.4, 0.5) is 15.9 Å². The number of nitrogens with zero attached hydrogens (tertiary/aromatic N) is 1. The van der Waals surface area contributed by atoms with E-state index in [1.807, 2.05) is 32.0 Å². The zero-order chi connectivity index (χ0) is 14.7. The molecule has 0 atom stereocenters. The average molecular weight is 273 g/mol. The minimum atomic E-state index is -0.799. The molecule has 4 nitrogen and oxygen atoms in total. The Kier molecular flexibility index (Phi) is 3.98. The predicted molar refractivity (Wildman–Crippen MR) is 77.1 cm³/mol. The molecule has 20 heavy (non-hydrogen) atoms. The normalized spacial score (nSPS) is 10.6. The summed E-state index contributed by atoms with van der Waals surface area (Å²) in [5, 5.41) is 2.71. The number of hydrogen-bond acceptors (Lipinski definition) is 3. The second-order valence-corrected chi connectivity index (χ2v) is 4.75. The smallest absolute Gasteiger partial charge is 0.258 e. The van der Waals surface area contributed by atoms with Gasteiger partial charge in [-0.15, -0.1) is 0 Å². The van der Waals surface area contributed by atoms with Crippen molar-refractivity contribution in [2.75, 3.05) is 11.1 Å². The topological polar surface area (TPSA) is 68.0 Å². The van der Waals surface area contributed by atoms with Gasteiger partial charge >= 0.3 is 0 Å². The fourth-order valence-electron chi connectivity index (χ4n) is 1.94. The molecule has 0 spiro atoms. The molecule has 0 aliphatic rings. The molecule has 0 saturated carbocycles. The molecular weight excluding hydrogens is 257 g/mol. The summed E-state index contributed by atoms with van der Waals surface area (Å²) in [6.45, 7) is 4.05. The molecular formula is C15H16FN3O. The first-order valence-electron chi connectivity index (χ1n) is 6.31. The Balaban J connectivity index is 2.31. The molecule has 1 amide bonds. The first-order chi connectivity index (χ1) is 9.50. The van der Waals surface area contributed by atoms with E-state index in [1.165, 1.54) is 12.3 Å². The van der Waals surface area contributed by atoms with Gasteiger partial charge in [0.2, 0.25) is 0 Å². The van der Waals surface area contributed by atoms with E-state index in [0.29, 0.717) is 5.69 Å². The lowest BCUT2D eigenvalue weighted by Crippen LogP contribution is -2.16. The highest BCUT2D eigenvalue weighted by molar-refractivity contribution is 6.05. The van der Waals surface area contributed by atoms with Gasteiger partial charge in [-0.05, 0) is 23.6 Å². The van der Waals surface area contributed by atoms with Crippen LogP contribution in [0.25, 0.3) is 0 Å². The second-order valence-electron chi connectivity index (χ2n) is 4.75. The molecule has 0 fully saturated rings. The molecule has 0 aliphatic carbocycles. The summed E-state index contributed by atoms with van der Waals surface area (Å²) in [5.74, 6) is -1.37. The predicted octanol–water partition coefficient (Wildman–Crippen LogP) is 3.18. The Morgan fingerprint density at radius 2 is 2.00 bits per heavy atom. The number of rotatable bonds is 3. The van der Waals surface area contributed by atoms with Gasteiger partial charge in [-0.2, -0.15) is 0 Å². The maximum atomic E-state index is 13.8. The summed E-state index contributed by atoms with van der Waals surface area (Å²) in [6.07, 6.45) is 1.31. The summed E-state index contributed by atoms with van der Waals surface area (Å²) >= 11 is 0. The number of para-hydroxylation sites is 1. The van der Waals surface area contributed by atoms with Crippen molar-refractivity contribution in [1.29, 1.82) is 0 Å². The van der Waals surface area contributed by atoms with Gasteiger partial charge in [-0.3, -0.25) is 4.79 Å². The van der Waals surface area contributed by atoms with Crippen LogP contribution in [0, 0.1) is 5.82 Å². The van der Waals surface area contributed by atoms with Crippen LogP contribution in [0.3, 0.4) is 0 Å². The van der Waals surface area contributed by atoms with Crippen LogP contribution in [0.1, 0.15) is 35.7 Å². The van der Waals surface area contributed by atoms with Gasteiger partial charge in [0.1, 0.15) is 0 Å². The van der Waals surface area contributed by atoms with Crippen molar-refractivity contribution in [3.05, 3.63) is 53.5 Å². The molecule has 0 aliphatic heterocycles. The monoisotopic (exact) mass is 273 g/mol. The fraction of sp³-hybridized carbons (Fsp3) is 0.200. The minimum absolute atomic E-state index is 0.115. The van der Waals surface area contributed by atoms with E-state index in [9.17, 15) is 9.18 Å². The summed E-state index contributed by atoms with van der Waals surface area (Å²) in [4.78, 5) is 15.7. The van der Waals surface area contributed by atoms with Gasteiger partial charge in [-0.25, -0.2) is 9.37 Å². The highest BCUT2D eigenvalue weighted by Crippen LogP contribution is 2.24. The first-order valence-corrected chi connectivity index (χ1v) is 6.31. The van der Waals surface area contributed by atoms with Crippen LogP contribution >= 0.6 is 0 Å². The van der Waals surface area contributed by atoms with Crippen molar-refractivity contribution in [2.24, 2.45) is 0 Å². The van der Waals surface area contributed by atoms with Crippen LogP contribution < -0.4 is 11.1 Å². The average Bonchev–Trinajstić information content (AvgIpc) is 2.42. The number of nitrogens with one attached hydrogen (secondary N) is 1. The third-order valence-corrected chi connectivity index (χ3v) is 2.99. The summed E-state index contributed by atoms with van der Waals surface area (Å²) in [5.41, 5.74) is 6.91. The van der Waals surface area contributed by atoms with Crippen LogP contribution in [-0.4, -0.2) is 10.9 Å². The molecule has 2 aromatic rings. The minimum Gasteiger partial charge on any atom is -0.381 e. The number of amides is 1. The highest BCUT2D eigenvalue weighted by Gasteiger charge is 2.16. The second kappa shape index (κ2) is 5.69. The maximum Gasteiger partial charge on any atom is 0.258 e. The Labute approximate surface area is 116 Å². The molecule has 2 rings (SSSR count). The maximum absolute atomic E-state index is 13.8. The molecule has 1 heterocycles. The molecule has 0 radical (unpaired) electrons. The summed E-state index contributed by atoms with van der Waals surface area (Å²) < 4.78 is 13.8. The van der Waals surface area contributed by atoms with E-state index < -0.39 is 11.7 Å². The van der Waals surface area contributed by atoms with Crippen molar-refractivity contribution in [3.8, 4) is 0 Å². The zero-order valence-electron chi connectivity index (χ0n) is 11.4. The van der Waals surface area contributed by atoms with Crippen LogP contribution in [-0.2, 0) is 0 Å². The molecule has 3 N–H and O–H groups in total. The number of pyridine rings is 1. The SMILES string of the molecule is CC(C)c1ccccc1NC(=O)c1ccnc(N)c1F. The number of nitrogen functional groups attached to an aromatic ring is 1. The lowest BCUT2D eigenvalue weighted by molar-refractivity contribution is 0.102. The van der Waals surface area contributed by atoms with E-state index in [2.05, 4.69) is 10.3 Å². The number of halogens is 1. The van der Waals surface area contributed by atoms with Crippen molar-refractivity contribution in [3.63, 3.8) is 0 Å².